The molecular weight excluding hydrogens is 348 g/mol. The Morgan fingerprint density at radius 1 is 1.25 bits per heavy atom. The maximum Gasteiger partial charge on any atom is 0.270 e. The molecule has 0 heterocycles. The minimum absolute atomic E-state index is 0.00285. The van der Waals surface area contributed by atoms with Crippen molar-refractivity contribution >= 4 is 41.0 Å². The zero-order chi connectivity index (χ0) is 17.4. The molecule has 0 saturated heterocycles. The number of halogens is 1. The number of hydrogen-bond donors (Lipinski definition) is 1. The first-order valence-corrected chi connectivity index (χ1v) is 8.50. The van der Waals surface area contributed by atoms with Crippen molar-refractivity contribution in [2.45, 2.75) is 4.90 Å². The third-order valence-electron chi connectivity index (χ3n) is 2.99. The van der Waals surface area contributed by atoms with Gasteiger partial charge in [-0.3, -0.25) is 14.9 Å². The van der Waals surface area contributed by atoms with Crippen LogP contribution >= 0.6 is 23.4 Å². The fraction of sp³-hybridized carbons (Fsp3) is 0.118. The van der Waals surface area contributed by atoms with Gasteiger partial charge in [-0.25, -0.2) is 0 Å². The highest BCUT2D eigenvalue weighted by Crippen LogP contribution is 2.19. The number of thioether (sulfide) groups is 1. The van der Waals surface area contributed by atoms with Gasteiger partial charge in [0.15, 0.2) is 0 Å². The summed E-state index contributed by atoms with van der Waals surface area (Å²) in [5.41, 5.74) is 0.604. The first-order chi connectivity index (χ1) is 11.5. The predicted octanol–water partition coefficient (Wildman–Crippen LogP) is 4.17. The van der Waals surface area contributed by atoms with Crippen LogP contribution in [0.5, 0.6) is 0 Å². The van der Waals surface area contributed by atoms with Crippen LogP contribution in [-0.4, -0.2) is 23.1 Å². The Balaban J connectivity index is 1.75. The minimum atomic E-state index is -0.467. The number of carbonyl (C=O) groups excluding carboxylic acids is 1. The maximum atomic E-state index is 11.7. The Bertz CT molecular complexity index is 748. The van der Waals surface area contributed by atoms with Crippen molar-refractivity contribution in [3.8, 4) is 0 Å². The molecule has 5 nitrogen and oxygen atoms in total. The molecule has 0 saturated carbocycles. The Hall–Kier alpha value is -2.31. The average Bonchev–Trinajstić information content (AvgIpc) is 2.58. The lowest BCUT2D eigenvalue weighted by atomic mass is 10.2. The highest BCUT2D eigenvalue weighted by Gasteiger charge is 2.04. The molecule has 1 N–H and O–H groups in total. The van der Waals surface area contributed by atoms with E-state index in [1.165, 1.54) is 18.2 Å². The number of non-ortho nitro benzene ring substituents is 1. The van der Waals surface area contributed by atoms with E-state index in [4.69, 9.17) is 11.6 Å². The minimum Gasteiger partial charge on any atom is -0.352 e. The fourth-order valence-corrected chi connectivity index (χ4v) is 2.74. The van der Waals surface area contributed by atoms with Crippen molar-refractivity contribution in [2.75, 3.05) is 12.3 Å². The molecule has 0 aromatic heterocycles. The van der Waals surface area contributed by atoms with Gasteiger partial charge in [0.1, 0.15) is 0 Å². The molecule has 0 fully saturated rings. The number of nitrogens with one attached hydrogen (secondary N) is 1. The lowest BCUT2D eigenvalue weighted by molar-refractivity contribution is -0.384. The normalized spacial score (nSPS) is 10.7. The quantitative estimate of drug-likeness (QED) is 0.264. The SMILES string of the molecule is O=C(C=Cc1cccc([N+](=O)[O-])c1)NCCSc1ccc(Cl)cc1. The number of carbonyl (C=O) groups is 1. The van der Waals surface area contributed by atoms with E-state index in [1.807, 2.05) is 24.3 Å². The lowest BCUT2D eigenvalue weighted by Crippen LogP contribution is -2.23. The molecule has 0 bridgehead atoms. The Kier molecular flexibility index (Phi) is 6.84. The molecule has 0 aliphatic heterocycles. The highest BCUT2D eigenvalue weighted by molar-refractivity contribution is 7.99. The van der Waals surface area contributed by atoms with Crippen molar-refractivity contribution in [1.29, 1.82) is 0 Å². The summed E-state index contributed by atoms with van der Waals surface area (Å²) in [5, 5.41) is 14.2. The van der Waals surface area contributed by atoms with Gasteiger partial charge in [0.2, 0.25) is 5.91 Å². The molecule has 0 atom stereocenters. The Labute approximate surface area is 148 Å². The van der Waals surface area contributed by atoms with Crippen LogP contribution in [0.25, 0.3) is 6.08 Å². The zero-order valence-corrected chi connectivity index (χ0v) is 14.2. The van der Waals surface area contributed by atoms with E-state index in [2.05, 4.69) is 5.32 Å². The van der Waals surface area contributed by atoms with Crippen LogP contribution < -0.4 is 5.32 Å². The summed E-state index contributed by atoms with van der Waals surface area (Å²) < 4.78 is 0. The first kappa shape index (κ1) is 18.0. The van der Waals surface area contributed by atoms with Gasteiger partial charge in [0.25, 0.3) is 5.69 Å². The van der Waals surface area contributed by atoms with E-state index in [-0.39, 0.29) is 11.6 Å². The van der Waals surface area contributed by atoms with Crippen LogP contribution in [-0.2, 0) is 4.79 Å². The molecule has 7 heteroatoms. The van der Waals surface area contributed by atoms with Gasteiger partial charge in [-0.2, -0.15) is 0 Å². The molecule has 24 heavy (non-hydrogen) atoms. The summed E-state index contributed by atoms with van der Waals surface area (Å²) in [5.74, 6) is 0.496. The lowest BCUT2D eigenvalue weighted by Gasteiger charge is -2.03. The molecule has 2 rings (SSSR count). The standard InChI is InChI=1S/C17H15ClN2O3S/c18-14-5-7-16(8-6-14)24-11-10-19-17(21)9-4-13-2-1-3-15(12-13)20(22)23/h1-9,12H,10-11H2,(H,19,21). The molecule has 1 amide bonds. The van der Waals surface area contributed by atoms with Crippen LogP contribution in [0, 0.1) is 10.1 Å². The summed E-state index contributed by atoms with van der Waals surface area (Å²) in [6.45, 7) is 0.519. The number of benzene rings is 2. The summed E-state index contributed by atoms with van der Waals surface area (Å²) in [7, 11) is 0. The van der Waals surface area contributed by atoms with Crippen LogP contribution in [0.1, 0.15) is 5.56 Å². The van der Waals surface area contributed by atoms with Crippen LogP contribution in [0.15, 0.2) is 59.5 Å². The van der Waals surface area contributed by atoms with E-state index in [1.54, 1.807) is 30.0 Å². The number of nitro benzene ring substituents is 1. The fourth-order valence-electron chi connectivity index (χ4n) is 1.85. The Morgan fingerprint density at radius 3 is 2.71 bits per heavy atom. The molecule has 124 valence electrons. The summed E-state index contributed by atoms with van der Waals surface area (Å²) in [4.78, 5) is 23.0. The van der Waals surface area contributed by atoms with E-state index in [0.717, 1.165) is 10.6 Å². The molecule has 2 aromatic carbocycles. The van der Waals surface area contributed by atoms with Gasteiger partial charge in [-0.1, -0.05) is 23.7 Å². The number of nitro groups is 1. The number of amides is 1. The Morgan fingerprint density at radius 2 is 2.00 bits per heavy atom. The number of rotatable bonds is 7. The third kappa shape index (κ3) is 6.06. The topological polar surface area (TPSA) is 72.2 Å². The van der Waals surface area contributed by atoms with Gasteiger partial charge >= 0.3 is 0 Å². The molecule has 0 radical (unpaired) electrons. The second kappa shape index (κ2) is 9.10. The molecule has 0 aliphatic rings. The van der Waals surface area contributed by atoms with Crippen LogP contribution in [0.2, 0.25) is 5.02 Å². The third-order valence-corrected chi connectivity index (χ3v) is 4.26. The monoisotopic (exact) mass is 362 g/mol. The molecule has 0 aliphatic carbocycles. The van der Waals surface area contributed by atoms with Crippen molar-refractivity contribution in [1.82, 2.24) is 5.32 Å². The summed E-state index contributed by atoms with van der Waals surface area (Å²) in [6.07, 6.45) is 2.92. The summed E-state index contributed by atoms with van der Waals surface area (Å²) in [6, 6.07) is 13.6. The van der Waals surface area contributed by atoms with Gasteiger partial charge in [-0.05, 0) is 35.9 Å². The largest absolute Gasteiger partial charge is 0.352 e. The van der Waals surface area contributed by atoms with Crippen LogP contribution in [0.4, 0.5) is 5.69 Å². The smallest absolute Gasteiger partial charge is 0.270 e. The molecule has 2 aromatic rings. The molecule has 0 unspecified atom stereocenters. The number of nitrogens with zero attached hydrogens (tertiary/aromatic N) is 1. The molecule has 0 spiro atoms. The van der Waals surface area contributed by atoms with Crippen molar-refractivity contribution in [3.63, 3.8) is 0 Å². The second-order valence-corrected chi connectivity index (χ2v) is 6.38. The van der Waals surface area contributed by atoms with Gasteiger partial charge in [0, 0.05) is 40.4 Å². The number of hydrogen-bond acceptors (Lipinski definition) is 4. The van der Waals surface area contributed by atoms with E-state index in [9.17, 15) is 14.9 Å². The van der Waals surface area contributed by atoms with E-state index < -0.39 is 4.92 Å². The maximum absolute atomic E-state index is 11.7. The summed E-state index contributed by atoms with van der Waals surface area (Å²) >= 11 is 7.43. The highest BCUT2D eigenvalue weighted by atomic mass is 35.5. The van der Waals surface area contributed by atoms with Crippen molar-refractivity contribution < 1.29 is 9.72 Å². The van der Waals surface area contributed by atoms with Gasteiger partial charge in [0.05, 0.1) is 4.92 Å². The second-order valence-electron chi connectivity index (χ2n) is 4.78. The van der Waals surface area contributed by atoms with Crippen molar-refractivity contribution in [3.05, 3.63) is 75.3 Å². The molecular formula is C17H15ClN2O3S. The van der Waals surface area contributed by atoms with E-state index in [0.29, 0.717) is 17.1 Å². The average molecular weight is 363 g/mol. The predicted molar refractivity (Wildman–Crippen MR) is 97.3 cm³/mol. The van der Waals surface area contributed by atoms with Crippen molar-refractivity contribution in [2.24, 2.45) is 0 Å². The van der Waals surface area contributed by atoms with E-state index >= 15 is 0 Å². The first-order valence-electron chi connectivity index (χ1n) is 7.13. The van der Waals surface area contributed by atoms with Crippen LogP contribution in [0.3, 0.4) is 0 Å². The van der Waals surface area contributed by atoms with Gasteiger partial charge in [-0.15, -0.1) is 11.8 Å². The zero-order valence-electron chi connectivity index (χ0n) is 12.6. The van der Waals surface area contributed by atoms with Gasteiger partial charge < -0.3 is 5.32 Å².